The van der Waals surface area contributed by atoms with Crippen molar-refractivity contribution in [3.05, 3.63) is 0 Å². The Labute approximate surface area is 221 Å². The van der Waals surface area contributed by atoms with Crippen LogP contribution in [0.15, 0.2) is 0 Å². The van der Waals surface area contributed by atoms with E-state index in [4.69, 9.17) is 9.47 Å². The van der Waals surface area contributed by atoms with E-state index in [2.05, 4.69) is 27.7 Å². The normalized spacial score (nSPS) is 14.2. The zero-order valence-corrected chi connectivity index (χ0v) is 24.2. The standard InChI is InChI=1S/C28H54O7S/c1-5-9-13-15-19-24(17-11-7-3)22-34-27(29)21-26(36(31,32)33)28(30)35-23-25(18-12-8-4)20-16-14-10-6-2/h24-26H,5-23H2,1-4H3,(H,31,32,33)/p-1. The summed E-state index contributed by atoms with van der Waals surface area (Å²) in [5.74, 6) is -1.65. The van der Waals surface area contributed by atoms with Crippen LogP contribution in [0.5, 0.6) is 0 Å². The van der Waals surface area contributed by atoms with Crippen LogP contribution < -0.4 is 0 Å². The molecule has 0 fully saturated rings. The average Bonchev–Trinajstić information content (AvgIpc) is 2.84. The van der Waals surface area contributed by atoms with Gasteiger partial charge in [0.15, 0.2) is 5.25 Å². The van der Waals surface area contributed by atoms with Gasteiger partial charge in [-0.05, 0) is 37.5 Å². The predicted octanol–water partition coefficient (Wildman–Crippen LogP) is 6.93. The lowest BCUT2D eigenvalue weighted by molar-refractivity contribution is -0.151. The molecule has 0 bridgehead atoms. The van der Waals surface area contributed by atoms with Crippen LogP contribution in [0.25, 0.3) is 0 Å². The fraction of sp³-hybridized carbons (Fsp3) is 0.929. The zero-order chi connectivity index (χ0) is 27.2. The number of carbonyl (C=O) groups is 2. The van der Waals surface area contributed by atoms with E-state index in [0.29, 0.717) is 0 Å². The number of hydrogen-bond donors (Lipinski definition) is 0. The number of rotatable bonds is 24. The van der Waals surface area contributed by atoms with Gasteiger partial charge in [0.2, 0.25) is 0 Å². The highest BCUT2D eigenvalue weighted by molar-refractivity contribution is 7.87. The van der Waals surface area contributed by atoms with E-state index in [1.165, 1.54) is 6.42 Å². The van der Waals surface area contributed by atoms with E-state index in [0.717, 1.165) is 96.3 Å². The molecule has 0 heterocycles. The molecule has 0 saturated heterocycles. The van der Waals surface area contributed by atoms with Crippen molar-refractivity contribution in [2.75, 3.05) is 13.2 Å². The summed E-state index contributed by atoms with van der Waals surface area (Å²) < 4.78 is 46.0. The van der Waals surface area contributed by atoms with Crippen LogP contribution in [0.3, 0.4) is 0 Å². The predicted molar refractivity (Wildman–Crippen MR) is 144 cm³/mol. The SMILES string of the molecule is CCCCCCC(CCCC)COC(=O)CC(C(=O)OCC(CCCC)CCCCCC)S(=O)(=O)[O-]. The van der Waals surface area contributed by atoms with Crippen LogP contribution in [0.1, 0.15) is 137 Å². The quantitative estimate of drug-likeness (QED) is 0.0751. The lowest BCUT2D eigenvalue weighted by Crippen LogP contribution is -2.35. The molecule has 0 radical (unpaired) electrons. The summed E-state index contributed by atoms with van der Waals surface area (Å²) in [6.07, 6.45) is 15.8. The second-order valence-corrected chi connectivity index (χ2v) is 11.8. The van der Waals surface area contributed by atoms with E-state index in [-0.39, 0.29) is 25.0 Å². The fourth-order valence-electron chi connectivity index (χ4n) is 4.34. The second kappa shape index (κ2) is 21.9. The molecule has 0 rings (SSSR count). The Morgan fingerprint density at radius 3 is 1.47 bits per heavy atom. The summed E-state index contributed by atoms with van der Waals surface area (Å²) in [5.41, 5.74) is 0. The van der Waals surface area contributed by atoms with E-state index in [9.17, 15) is 22.6 Å². The van der Waals surface area contributed by atoms with Gasteiger partial charge in [-0.25, -0.2) is 8.42 Å². The first-order chi connectivity index (χ1) is 17.2. The average molecular weight is 534 g/mol. The molecule has 0 aromatic heterocycles. The van der Waals surface area contributed by atoms with Crippen molar-refractivity contribution >= 4 is 22.1 Å². The first-order valence-corrected chi connectivity index (χ1v) is 15.9. The molecule has 0 aromatic carbocycles. The van der Waals surface area contributed by atoms with Gasteiger partial charge in [0.25, 0.3) is 0 Å². The number of carbonyl (C=O) groups excluding carboxylic acids is 2. The van der Waals surface area contributed by atoms with Crippen molar-refractivity contribution in [1.29, 1.82) is 0 Å². The molecule has 0 spiro atoms. The minimum absolute atomic E-state index is 0.0723. The maximum Gasteiger partial charge on any atom is 0.323 e. The molecular formula is C28H53O7S-. The Kier molecular flexibility index (Phi) is 21.2. The third-order valence-corrected chi connectivity index (χ3v) is 7.82. The van der Waals surface area contributed by atoms with Gasteiger partial charge in [-0.15, -0.1) is 0 Å². The molecule has 3 atom stereocenters. The minimum Gasteiger partial charge on any atom is -0.747 e. The highest BCUT2D eigenvalue weighted by Crippen LogP contribution is 2.20. The molecule has 3 unspecified atom stereocenters. The van der Waals surface area contributed by atoms with Crippen molar-refractivity contribution in [3.8, 4) is 0 Å². The first kappa shape index (κ1) is 34.9. The smallest absolute Gasteiger partial charge is 0.323 e. The fourth-order valence-corrected chi connectivity index (χ4v) is 4.99. The molecule has 36 heavy (non-hydrogen) atoms. The largest absolute Gasteiger partial charge is 0.747 e. The highest BCUT2D eigenvalue weighted by Gasteiger charge is 2.31. The molecule has 0 N–H and O–H groups in total. The van der Waals surface area contributed by atoms with Crippen LogP contribution in [0.4, 0.5) is 0 Å². The molecule has 0 aliphatic heterocycles. The summed E-state index contributed by atoms with van der Waals surface area (Å²) in [4.78, 5) is 25.0. The Hall–Kier alpha value is -1.15. The Morgan fingerprint density at radius 1 is 0.639 bits per heavy atom. The lowest BCUT2D eigenvalue weighted by atomic mass is 9.96. The number of unbranched alkanes of at least 4 members (excludes halogenated alkanes) is 8. The van der Waals surface area contributed by atoms with Crippen molar-refractivity contribution in [2.24, 2.45) is 11.8 Å². The molecule has 214 valence electrons. The summed E-state index contributed by atoms with van der Waals surface area (Å²) in [6.45, 7) is 8.74. The Balaban J connectivity index is 4.89. The lowest BCUT2D eigenvalue weighted by Gasteiger charge is -2.22. The summed E-state index contributed by atoms with van der Waals surface area (Å²) in [5, 5.41) is -2.06. The zero-order valence-electron chi connectivity index (χ0n) is 23.4. The maximum atomic E-state index is 12.6. The van der Waals surface area contributed by atoms with Gasteiger partial charge >= 0.3 is 11.9 Å². The Morgan fingerprint density at radius 2 is 1.06 bits per heavy atom. The molecule has 0 aromatic rings. The summed E-state index contributed by atoms with van der Waals surface area (Å²) in [7, 11) is -5.05. The summed E-state index contributed by atoms with van der Waals surface area (Å²) >= 11 is 0. The van der Waals surface area contributed by atoms with Gasteiger partial charge in [-0.2, -0.15) is 0 Å². The maximum absolute atomic E-state index is 12.6. The Bertz CT molecular complexity index is 663. The van der Waals surface area contributed by atoms with Crippen molar-refractivity contribution in [3.63, 3.8) is 0 Å². The van der Waals surface area contributed by atoms with Gasteiger partial charge in [0.1, 0.15) is 10.1 Å². The number of hydrogen-bond acceptors (Lipinski definition) is 7. The van der Waals surface area contributed by atoms with E-state index >= 15 is 0 Å². The highest BCUT2D eigenvalue weighted by atomic mass is 32.2. The van der Waals surface area contributed by atoms with Crippen LogP contribution in [0.2, 0.25) is 0 Å². The molecule has 7 nitrogen and oxygen atoms in total. The molecule has 0 aliphatic carbocycles. The van der Waals surface area contributed by atoms with Crippen molar-refractivity contribution in [1.82, 2.24) is 0 Å². The van der Waals surface area contributed by atoms with E-state index < -0.39 is 33.7 Å². The first-order valence-electron chi connectivity index (χ1n) is 14.5. The van der Waals surface area contributed by atoms with Crippen LogP contribution >= 0.6 is 0 Å². The van der Waals surface area contributed by atoms with Crippen LogP contribution in [-0.4, -0.2) is 43.4 Å². The second-order valence-electron chi connectivity index (χ2n) is 10.2. The van der Waals surface area contributed by atoms with Crippen LogP contribution in [0, 0.1) is 11.8 Å². The minimum atomic E-state index is -5.05. The van der Waals surface area contributed by atoms with E-state index in [1.807, 2.05) is 0 Å². The molecule has 0 aliphatic rings. The molecule has 0 saturated carbocycles. The third-order valence-electron chi connectivity index (χ3n) is 6.77. The number of ether oxygens (including phenoxy) is 2. The monoisotopic (exact) mass is 533 g/mol. The third kappa shape index (κ3) is 18.1. The van der Waals surface area contributed by atoms with Gasteiger partial charge in [-0.3, -0.25) is 9.59 Å². The number of esters is 2. The van der Waals surface area contributed by atoms with E-state index in [1.54, 1.807) is 0 Å². The van der Waals surface area contributed by atoms with Crippen molar-refractivity contribution < 1.29 is 32.0 Å². The van der Waals surface area contributed by atoms with Gasteiger partial charge < -0.3 is 14.0 Å². The molecular weight excluding hydrogens is 480 g/mol. The molecule has 0 amide bonds. The van der Waals surface area contributed by atoms with Gasteiger partial charge in [0, 0.05) is 0 Å². The summed E-state index contributed by atoms with van der Waals surface area (Å²) in [6, 6.07) is 0. The van der Waals surface area contributed by atoms with Crippen LogP contribution in [-0.2, 0) is 29.2 Å². The molecule has 8 heteroatoms. The topological polar surface area (TPSA) is 110 Å². The van der Waals surface area contributed by atoms with Crippen molar-refractivity contribution in [2.45, 2.75) is 142 Å². The van der Waals surface area contributed by atoms with Gasteiger partial charge in [-0.1, -0.05) is 105 Å². The van der Waals surface area contributed by atoms with Gasteiger partial charge in [0.05, 0.1) is 19.6 Å².